The van der Waals surface area contributed by atoms with E-state index in [1.807, 2.05) is 0 Å². The van der Waals surface area contributed by atoms with Crippen molar-refractivity contribution in [3.8, 4) is 5.75 Å². The van der Waals surface area contributed by atoms with Crippen molar-refractivity contribution in [1.29, 1.82) is 0 Å². The van der Waals surface area contributed by atoms with Gasteiger partial charge >= 0.3 is 0 Å². The lowest BCUT2D eigenvalue weighted by Crippen LogP contribution is -2.11. The number of alkyl halides is 1. The zero-order valence-corrected chi connectivity index (χ0v) is 10.4. The zero-order chi connectivity index (χ0) is 12.1. The Kier molecular flexibility index (Phi) is 4.63. The smallest absolute Gasteiger partial charge is 0.165 e. The summed E-state index contributed by atoms with van der Waals surface area (Å²) in [5.74, 6) is 0.184. The van der Waals surface area contributed by atoms with E-state index in [0.29, 0.717) is 12.2 Å². The van der Waals surface area contributed by atoms with E-state index >= 15 is 0 Å². The predicted molar refractivity (Wildman–Crippen MR) is 65.0 cm³/mol. The van der Waals surface area contributed by atoms with E-state index in [1.165, 1.54) is 6.07 Å². The van der Waals surface area contributed by atoms with E-state index < -0.39 is 0 Å². The molecule has 1 aliphatic heterocycles. The molecule has 0 amide bonds. The van der Waals surface area contributed by atoms with Crippen molar-refractivity contribution in [1.82, 2.24) is 0 Å². The van der Waals surface area contributed by atoms with Gasteiger partial charge in [0, 0.05) is 18.6 Å². The number of hydrogen-bond acceptors (Lipinski definition) is 2. The number of rotatable bonds is 5. The van der Waals surface area contributed by atoms with E-state index in [0.717, 1.165) is 25.9 Å². The summed E-state index contributed by atoms with van der Waals surface area (Å²) in [5, 5.41) is 0. The quantitative estimate of drug-likeness (QED) is 0.753. The van der Waals surface area contributed by atoms with Crippen molar-refractivity contribution in [2.24, 2.45) is 0 Å². The van der Waals surface area contributed by atoms with Crippen molar-refractivity contribution in [3.05, 3.63) is 29.6 Å². The topological polar surface area (TPSA) is 18.5 Å². The molecule has 2 nitrogen and oxygen atoms in total. The molecular formula is C13H16ClFO2. The second kappa shape index (κ2) is 6.22. The summed E-state index contributed by atoms with van der Waals surface area (Å²) >= 11 is 5.74. The number of hydrogen-bond donors (Lipinski definition) is 0. The molecule has 0 N–H and O–H groups in total. The van der Waals surface area contributed by atoms with E-state index in [9.17, 15) is 4.39 Å². The van der Waals surface area contributed by atoms with Gasteiger partial charge in [0.15, 0.2) is 11.6 Å². The average Bonchev–Trinajstić information content (AvgIpc) is 2.84. The number of ether oxygens (including phenoxy) is 2. The molecule has 1 aromatic carbocycles. The van der Waals surface area contributed by atoms with E-state index in [-0.39, 0.29) is 23.6 Å². The highest BCUT2D eigenvalue weighted by Gasteiger charge is 2.16. The normalized spacial score (nSPS) is 19.5. The van der Waals surface area contributed by atoms with Gasteiger partial charge in [-0.15, -0.1) is 11.6 Å². The van der Waals surface area contributed by atoms with E-state index in [1.54, 1.807) is 12.1 Å². The summed E-state index contributed by atoms with van der Waals surface area (Å²) in [5.41, 5.74) is 0.694. The van der Waals surface area contributed by atoms with Gasteiger partial charge in [0.2, 0.25) is 0 Å². The molecule has 0 aromatic heterocycles. The molecule has 0 aliphatic carbocycles. The predicted octanol–water partition coefficient (Wildman–Crippen LogP) is 3.51. The first kappa shape index (κ1) is 12.7. The lowest BCUT2D eigenvalue weighted by Gasteiger charge is -2.13. The summed E-state index contributed by atoms with van der Waals surface area (Å²) in [4.78, 5) is 0. The van der Waals surface area contributed by atoms with Crippen LogP contribution in [0.15, 0.2) is 18.2 Å². The third-order valence-corrected chi connectivity index (χ3v) is 3.19. The standard InChI is InChI=1S/C13H16ClFO2/c14-9-10-3-1-5-12(15)13(10)17-8-6-11-4-2-7-16-11/h1,3,5,11H,2,4,6-9H2. The molecule has 0 spiro atoms. The average molecular weight is 259 g/mol. The van der Waals surface area contributed by atoms with Crippen LogP contribution in [0.1, 0.15) is 24.8 Å². The van der Waals surface area contributed by atoms with Crippen LogP contribution in [0, 0.1) is 5.82 Å². The van der Waals surface area contributed by atoms with Gasteiger partial charge in [-0.1, -0.05) is 12.1 Å². The largest absolute Gasteiger partial charge is 0.490 e. The van der Waals surface area contributed by atoms with Crippen molar-refractivity contribution in [2.75, 3.05) is 13.2 Å². The summed E-state index contributed by atoms with van der Waals surface area (Å²) in [6.45, 7) is 1.30. The zero-order valence-electron chi connectivity index (χ0n) is 9.62. The van der Waals surface area contributed by atoms with Crippen LogP contribution < -0.4 is 4.74 Å². The number of benzene rings is 1. The Morgan fingerprint density at radius 3 is 3.06 bits per heavy atom. The van der Waals surface area contributed by atoms with Crippen LogP contribution in [0.4, 0.5) is 4.39 Å². The molecule has 1 aliphatic rings. The fourth-order valence-electron chi connectivity index (χ4n) is 1.98. The first-order chi connectivity index (χ1) is 8.31. The third kappa shape index (κ3) is 3.33. The van der Waals surface area contributed by atoms with E-state index in [4.69, 9.17) is 21.1 Å². The highest BCUT2D eigenvalue weighted by Crippen LogP contribution is 2.25. The second-order valence-electron chi connectivity index (χ2n) is 4.13. The van der Waals surface area contributed by atoms with Crippen molar-refractivity contribution in [2.45, 2.75) is 31.2 Å². The van der Waals surface area contributed by atoms with Crippen LogP contribution in [0.3, 0.4) is 0 Å². The number of halogens is 2. The van der Waals surface area contributed by atoms with Crippen LogP contribution >= 0.6 is 11.6 Å². The Morgan fingerprint density at radius 1 is 1.47 bits per heavy atom. The van der Waals surface area contributed by atoms with Gasteiger partial charge in [-0.2, -0.15) is 0 Å². The van der Waals surface area contributed by atoms with Gasteiger partial charge in [-0.3, -0.25) is 0 Å². The van der Waals surface area contributed by atoms with Gasteiger partial charge in [0.05, 0.1) is 18.6 Å². The fraction of sp³-hybridized carbons (Fsp3) is 0.538. The Bertz CT molecular complexity index is 364. The fourth-order valence-corrected chi connectivity index (χ4v) is 2.20. The molecule has 1 unspecified atom stereocenters. The number of para-hydroxylation sites is 1. The highest BCUT2D eigenvalue weighted by atomic mass is 35.5. The summed E-state index contributed by atoms with van der Waals surface area (Å²) in [7, 11) is 0. The molecule has 4 heteroatoms. The maximum absolute atomic E-state index is 13.5. The van der Waals surface area contributed by atoms with Gasteiger partial charge in [0.25, 0.3) is 0 Å². The molecule has 0 saturated carbocycles. The molecule has 1 fully saturated rings. The minimum atomic E-state index is -0.351. The molecule has 1 aromatic rings. The van der Waals surface area contributed by atoms with Crippen LogP contribution in [0.5, 0.6) is 5.75 Å². The summed E-state index contributed by atoms with van der Waals surface area (Å²) in [6.07, 6.45) is 3.25. The van der Waals surface area contributed by atoms with Crippen molar-refractivity contribution < 1.29 is 13.9 Å². The van der Waals surface area contributed by atoms with Gasteiger partial charge in [0.1, 0.15) is 0 Å². The van der Waals surface area contributed by atoms with Gasteiger partial charge in [-0.05, 0) is 18.9 Å². The molecule has 0 radical (unpaired) electrons. The first-order valence-electron chi connectivity index (χ1n) is 5.89. The Labute approximate surface area is 106 Å². The Hall–Kier alpha value is -0.800. The van der Waals surface area contributed by atoms with Crippen molar-refractivity contribution in [3.63, 3.8) is 0 Å². The molecule has 1 heterocycles. The Balaban J connectivity index is 1.89. The molecule has 1 saturated heterocycles. The van der Waals surface area contributed by atoms with Crippen molar-refractivity contribution >= 4 is 11.6 Å². The van der Waals surface area contributed by atoms with E-state index in [2.05, 4.69) is 0 Å². The van der Waals surface area contributed by atoms with Crippen LogP contribution in [-0.4, -0.2) is 19.3 Å². The summed E-state index contributed by atoms with van der Waals surface area (Å²) in [6, 6.07) is 4.80. The first-order valence-corrected chi connectivity index (χ1v) is 6.42. The highest BCUT2D eigenvalue weighted by molar-refractivity contribution is 6.17. The third-order valence-electron chi connectivity index (χ3n) is 2.90. The van der Waals surface area contributed by atoms with Gasteiger partial charge in [-0.25, -0.2) is 4.39 Å². The second-order valence-corrected chi connectivity index (χ2v) is 4.40. The lowest BCUT2D eigenvalue weighted by molar-refractivity contribution is 0.0896. The van der Waals surface area contributed by atoms with Crippen LogP contribution in [-0.2, 0) is 10.6 Å². The van der Waals surface area contributed by atoms with Gasteiger partial charge < -0.3 is 9.47 Å². The minimum absolute atomic E-state index is 0.257. The monoisotopic (exact) mass is 258 g/mol. The molecule has 17 heavy (non-hydrogen) atoms. The molecule has 1 atom stereocenters. The molecule has 2 rings (SSSR count). The molecule has 94 valence electrons. The maximum atomic E-state index is 13.5. The minimum Gasteiger partial charge on any atom is -0.490 e. The lowest BCUT2D eigenvalue weighted by atomic mass is 10.2. The Morgan fingerprint density at radius 2 is 2.35 bits per heavy atom. The SMILES string of the molecule is Fc1cccc(CCl)c1OCCC1CCCO1. The molecule has 0 bridgehead atoms. The van der Waals surface area contributed by atoms with Crippen LogP contribution in [0.2, 0.25) is 0 Å². The summed E-state index contributed by atoms with van der Waals surface area (Å²) < 4.78 is 24.5. The maximum Gasteiger partial charge on any atom is 0.165 e. The van der Waals surface area contributed by atoms with Crippen LogP contribution in [0.25, 0.3) is 0 Å². The molecular weight excluding hydrogens is 243 g/mol.